The highest BCUT2D eigenvalue weighted by molar-refractivity contribution is 5.79. The molecule has 0 spiro atoms. The number of rotatable bonds is 3. The van der Waals surface area contributed by atoms with Crippen LogP contribution in [0.5, 0.6) is 0 Å². The van der Waals surface area contributed by atoms with E-state index in [9.17, 15) is 0 Å². The number of aromatic nitrogens is 4. The van der Waals surface area contributed by atoms with Gasteiger partial charge in [0.1, 0.15) is 23.8 Å². The molecular weight excluding hydrogens is 262 g/mol. The molecular formula is C16H19N5. The highest BCUT2D eigenvalue weighted by atomic mass is 15.1. The molecule has 0 amide bonds. The third-order valence-corrected chi connectivity index (χ3v) is 3.59. The standard InChI is InChI=1S/C16H19N5/c1-5-17-15-8-16(20-12(4)19-15)21-9-18-13-6-10(2)11(3)7-14(13)21/h6-9H,5H2,1-4H3,(H,17,19,20). The largest absolute Gasteiger partial charge is 0.370 e. The summed E-state index contributed by atoms with van der Waals surface area (Å²) >= 11 is 0. The fraction of sp³-hybridized carbons (Fsp3) is 0.312. The van der Waals surface area contributed by atoms with Crippen LogP contribution in [0.1, 0.15) is 23.9 Å². The Labute approximate surface area is 124 Å². The summed E-state index contributed by atoms with van der Waals surface area (Å²) in [6, 6.07) is 6.22. The number of hydrogen-bond acceptors (Lipinski definition) is 4. The van der Waals surface area contributed by atoms with E-state index in [2.05, 4.69) is 53.2 Å². The van der Waals surface area contributed by atoms with Crippen LogP contribution in [0.15, 0.2) is 24.5 Å². The molecule has 5 nitrogen and oxygen atoms in total. The lowest BCUT2D eigenvalue weighted by molar-refractivity contribution is 0.950. The summed E-state index contributed by atoms with van der Waals surface area (Å²) in [5.74, 6) is 2.42. The lowest BCUT2D eigenvalue weighted by Crippen LogP contribution is -2.05. The molecule has 3 rings (SSSR count). The SMILES string of the molecule is CCNc1cc(-n2cnc3cc(C)c(C)cc32)nc(C)n1. The highest BCUT2D eigenvalue weighted by Crippen LogP contribution is 2.22. The molecule has 0 fully saturated rings. The van der Waals surface area contributed by atoms with Crippen molar-refractivity contribution >= 4 is 16.9 Å². The maximum absolute atomic E-state index is 4.53. The number of hydrogen-bond donors (Lipinski definition) is 1. The Morgan fingerprint density at radius 3 is 2.57 bits per heavy atom. The van der Waals surface area contributed by atoms with Gasteiger partial charge in [-0.1, -0.05) is 0 Å². The Kier molecular flexibility index (Phi) is 3.33. The first kappa shape index (κ1) is 13.5. The molecule has 0 unspecified atom stereocenters. The lowest BCUT2D eigenvalue weighted by Gasteiger charge is -2.09. The van der Waals surface area contributed by atoms with Crippen molar-refractivity contribution in [2.75, 3.05) is 11.9 Å². The smallest absolute Gasteiger partial charge is 0.144 e. The number of imidazole rings is 1. The molecule has 108 valence electrons. The van der Waals surface area contributed by atoms with E-state index in [0.29, 0.717) is 0 Å². The van der Waals surface area contributed by atoms with Crippen molar-refractivity contribution < 1.29 is 0 Å². The van der Waals surface area contributed by atoms with E-state index < -0.39 is 0 Å². The lowest BCUT2D eigenvalue weighted by atomic mass is 10.1. The Hall–Kier alpha value is -2.43. The van der Waals surface area contributed by atoms with Gasteiger partial charge in [0.05, 0.1) is 11.0 Å². The molecule has 5 heteroatoms. The molecule has 2 aromatic heterocycles. The molecule has 3 aromatic rings. The Balaban J connectivity index is 2.18. The average molecular weight is 281 g/mol. The van der Waals surface area contributed by atoms with Crippen LogP contribution in [-0.4, -0.2) is 26.1 Å². The fourth-order valence-corrected chi connectivity index (χ4v) is 2.39. The van der Waals surface area contributed by atoms with Crippen molar-refractivity contribution in [3.63, 3.8) is 0 Å². The first-order valence-electron chi connectivity index (χ1n) is 7.12. The summed E-state index contributed by atoms with van der Waals surface area (Å²) in [7, 11) is 0. The van der Waals surface area contributed by atoms with Gasteiger partial charge in [-0.15, -0.1) is 0 Å². The molecule has 1 aromatic carbocycles. The van der Waals surface area contributed by atoms with Crippen LogP contribution >= 0.6 is 0 Å². The number of nitrogens with one attached hydrogen (secondary N) is 1. The number of nitrogens with zero attached hydrogens (tertiary/aromatic N) is 4. The van der Waals surface area contributed by atoms with E-state index in [1.807, 2.05) is 23.9 Å². The van der Waals surface area contributed by atoms with Gasteiger partial charge in [0.2, 0.25) is 0 Å². The van der Waals surface area contributed by atoms with Gasteiger partial charge in [0.25, 0.3) is 0 Å². The molecule has 21 heavy (non-hydrogen) atoms. The molecule has 0 saturated carbocycles. The second-order valence-electron chi connectivity index (χ2n) is 5.23. The first-order valence-corrected chi connectivity index (χ1v) is 7.12. The highest BCUT2D eigenvalue weighted by Gasteiger charge is 2.09. The van der Waals surface area contributed by atoms with Crippen LogP contribution in [0.3, 0.4) is 0 Å². The van der Waals surface area contributed by atoms with Crippen molar-refractivity contribution in [2.45, 2.75) is 27.7 Å². The van der Waals surface area contributed by atoms with E-state index in [4.69, 9.17) is 0 Å². The number of fused-ring (bicyclic) bond motifs is 1. The van der Waals surface area contributed by atoms with Crippen molar-refractivity contribution in [1.29, 1.82) is 0 Å². The minimum Gasteiger partial charge on any atom is -0.370 e. The second kappa shape index (κ2) is 5.16. The van der Waals surface area contributed by atoms with Gasteiger partial charge in [0.15, 0.2) is 0 Å². The summed E-state index contributed by atoms with van der Waals surface area (Å²) < 4.78 is 2.01. The van der Waals surface area contributed by atoms with Gasteiger partial charge >= 0.3 is 0 Å². The quantitative estimate of drug-likeness (QED) is 0.801. The molecule has 0 aliphatic heterocycles. The van der Waals surface area contributed by atoms with E-state index >= 15 is 0 Å². The minimum atomic E-state index is 0.745. The van der Waals surface area contributed by atoms with E-state index in [-0.39, 0.29) is 0 Å². The van der Waals surface area contributed by atoms with Gasteiger partial charge < -0.3 is 5.32 Å². The Morgan fingerprint density at radius 2 is 1.81 bits per heavy atom. The number of aryl methyl sites for hydroxylation is 3. The normalized spacial score (nSPS) is 11.0. The third kappa shape index (κ3) is 2.46. The summed E-state index contributed by atoms with van der Waals surface area (Å²) in [5, 5.41) is 3.23. The van der Waals surface area contributed by atoms with Crippen LogP contribution in [-0.2, 0) is 0 Å². The summed E-state index contributed by atoms with van der Waals surface area (Å²) in [4.78, 5) is 13.4. The summed E-state index contributed by atoms with van der Waals surface area (Å²) in [6.07, 6.45) is 1.82. The van der Waals surface area contributed by atoms with E-state index in [0.717, 1.165) is 35.0 Å². The first-order chi connectivity index (χ1) is 10.1. The minimum absolute atomic E-state index is 0.745. The topological polar surface area (TPSA) is 55.6 Å². The zero-order valence-electron chi connectivity index (χ0n) is 12.8. The Morgan fingerprint density at radius 1 is 1.05 bits per heavy atom. The third-order valence-electron chi connectivity index (χ3n) is 3.59. The molecule has 0 saturated heterocycles. The Bertz CT molecular complexity index is 804. The van der Waals surface area contributed by atoms with Crippen molar-refractivity contribution in [3.8, 4) is 5.82 Å². The van der Waals surface area contributed by atoms with E-state index in [1.165, 1.54) is 11.1 Å². The zero-order valence-corrected chi connectivity index (χ0v) is 12.8. The van der Waals surface area contributed by atoms with Gasteiger partial charge in [0, 0.05) is 12.6 Å². The van der Waals surface area contributed by atoms with Gasteiger partial charge in [-0.3, -0.25) is 4.57 Å². The monoisotopic (exact) mass is 281 g/mol. The second-order valence-corrected chi connectivity index (χ2v) is 5.23. The number of benzene rings is 1. The molecule has 2 heterocycles. The van der Waals surface area contributed by atoms with Crippen LogP contribution in [0, 0.1) is 20.8 Å². The van der Waals surface area contributed by atoms with E-state index in [1.54, 1.807) is 0 Å². The van der Waals surface area contributed by atoms with Crippen molar-refractivity contribution in [2.24, 2.45) is 0 Å². The van der Waals surface area contributed by atoms with Crippen molar-refractivity contribution in [1.82, 2.24) is 19.5 Å². The maximum Gasteiger partial charge on any atom is 0.144 e. The van der Waals surface area contributed by atoms with Gasteiger partial charge in [-0.2, -0.15) is 0 Å². The molecule has 0 atom stereocenters. The molecule has 1 N–H and O–H groups in total. The van der Waals surface area contributed by atoms with Crippen molar-refractivity contribution in [3.05, 3.63) is 41.5 Å². The molecule has 0 aliphatic carbocycles. The predicted octanol–water partition coefficient (Wildman–Crippen LogP) is 3.17. The maximum atomic E-state index is 4.53. The van der Waals surface area contributed by atoms with Crippen LogP contribution < -0.4 is 5.32 Å². The van der Waals surface area contributed by atoms with Crippen LogP contribution in [0.25, 0.3) is 16.9 Å². The van der Waals surface area contributed by atoms with Gasteiger partial charge in [-0.25, -0.2) is 15.0 Å². The summed E-state index contributed by atoms with van der Waals surface area (Å²) in [5.41, 5.74) is 4.56. The number of anilines is 1. The van der Waals surface area contributed by atoms with Crippen LogP contribution in [0.2, 0.25) is 0 Å². The molecule has 0 bridgehead atoms. The van der Waals surface area contributed by atoms with Crippen LogP contribution in [0.4, 0.5) is 5.82 Å². The molecule has 0 aliphatic rings. The summed E-state index contributed by atoms with van der Waals surface area (Å²) in [6.45, 7) is 9.00. The average Bonchev–Trinajstić information content (AvgIpc) is 2.82. The fourth-order valence-electron chi connectivity index (χ4n) is 2.39. The predicted molar refractivity (Wildman–Crippen MR) is 85.0 cm³/mol. The van der Waals surface area contributed by atoms with Gasteiger partial charge in [-0.05, 0) is 51.0 Å². The zero-order chi connectivity index (χ0) is 15.0. The molecule has 0 radical (unpaired) electrons.